The van der Waals surface area contributed by atoms with E-state index in [2.05, 4.69) is 36.5 Å². The van der Waals surface area contributed by atoms with Crippen molar-refractivity contribution < 1.29 is 9.53 Å². The van der Waals surface area contributed by atoms with Crippen molar-refractivity contribution in [1.29, 1.82) is 0 Å². The van der Waals surface area contributed by atoms with Crippen molar-refractivity contribution in [3.8, 4) is 0 Å². The van der Waals surface area contributed by atoms with Gasteiger partial charge in [0.15, 0.2) is 0 Å². The highest BCUT2D eigenvalue weighted by Crippen LogP contribution is 2.08. The number of rotatable bonds is 6. The molecule has 0 aromatic heterocycles. The minimum absolute atomic E-state index is 0.174. The molecule has 0 fully saturated rings. The van der Waals surface area contributed by atoms with E-state index in [4.69, 9.17) is 4.74 Å². The van der Waals surface area contributed by atoms with Crippen LogP contribution in [-0.2, 0) is 16.0 Å². The van der Waals surface area contributed by atoms with Crippen LogP contribution >= 0.6 is 0 Å². The topological polar surface area (TPSA) is 38.3 Å². The second kappa shape index (κ2) is 7.17. The number of ether oxygens (including phenoxy) is 1. The van der Waals surface area contributed by atoms with E-state index < -0.39 is 0 Å². The molecule has 0 heterocycles. The first-order valence-corrected chi connectivity index (χ1v) is 6.51. The van der Waals surface area contributed by atoms with Gasteiger partial charge in [-0.05, 0) is 25.8 Å². The molecule has 0 saturated heterocycles. The number of aryl methyl sites for hydroxylation is 1. The zero-order valence-corrected chi connectivity index (χ0v) is 11.7. The highest BCUT2D eigenvalue weighted by Gasteiger charge is 2.20. The zero-order chi connectivity index (χ0) is 13.5. The molecule has 1 N–H and O–H groups in total. The van der Waals surface area contributed by atoms with Crippen LogP contribution in [0, 0.1) is 6.92 Å². The summed E-state index contributed by atoms with van der Waals surface area (Å²) in [6.45, 7) is 8.36. The SMILES string of the molecule is CCOC(=O)C(Cc1ccc(C)cc1)NC(C)C. The lowest BCUT2D eigenvalue weighted by Crippen LogP contribution is -2.43. The first-order valence-electron chi connectivity index (χ1n) is 6.51. The molecule has 0 saturated carbocycles. The molecule has 0 bridgehead atoms. The van der Waals surface area contributed by atoms with Crippen molar-refractivity contribution in [1.82, 2.24) is 5.32 Å². The maximum absolute atomic E-state index is 11.9. The van der Waals surface area contributed by atoms with E-state index in [9.17, 15) is 4.79 Å². The predicted molar refractivity (Wildman–Crippen MR) is 73.6 cm³/mol. The summed E-state index contributed by atoms with van der Waals surface area (Å²) in [6.07, 6.45) is 0.664. The Hall–Kier alpha value is -1.35. The molecule has 100 valence electrons. The number of benzene rings is 1. The van der Waals surface area contributed by atoms with Crippen LogP contribution in [0.15, 0.2) is 24.3 Å². The number of esters is 1. The van der Waals surface area contributed by atoms with Crippen molar-refractivity contribution in [3.05, 3.63) is 35.4 Å². The van der Waals surface area contributed by atoms with Crippen LogP contribution in [0.5, 0.6) is 0 Å². The third-order valence-electron chi connectivity index (χ3n) is 2.67. The molecular formula is C15H23NO2. The highest BCUT2D eigenvalue weighted by atomic mass is 16.5. The molecule has 0 amide bonds. The first-order chi connectivity index (χ1) is 8.52. The normalized spacial score (nSPS) is 12.5. The van der Waals surface area contributed by atoms with Gasteiger partial charge in [-0.1, -0.05) is 43.7 Å². The van der Waals surface area contributed by atoms with Gasteiger partial charge in [-0.2, -0.15) is 0 Å². The Morgan fingerprint density at radius 2 is 1.89 bits per heavy atom. The molecule has 1 aromatic rings. The van der Waals surface area contributed by atoms with Gasteiger partial charge in [-0.15, -0.1) is 0 Å². The van der Waals surface area contributed by atoms with Crippen molar-refractivity contribution in [3.63, 3.8) is 0 Å². The van der Waals surface area contributed by atoms with Gasteiger partial charge in [0.2, 0.25) is 0 Å². The lowest BCUT2D eigenvalue weighted by molar-refractivity contribution is -0.145. The second-order valence-electron chi connectivity index (χ2n) is 4.82. The van der Waals surface area contributed by atoms with Gasteiger partial charge < -0.3 is 10.1 Å². The second-order valence-corrected chi connectivity index (χ2v) is 4.82. The highest BCUT2D eigenvalue weighted by molar-refractivity contribution is 5.76. The fourth-order valence-electron chi connectivity index (χ4n) is 1.82. The molecule has 1 atom stereocenters. The van der Waals surface area contributed by atoms with E-state index in [1.807, 2.05) is 20.8 Å². The summed E-state index contributed by atoms with van der Waals surface area (Å²) < 4.78 is 5.10. The van der Waals surface area contributed by atoms with E-state index in [1.54, 1.807) is 0 Å². The Balaban J connectivity index is 2.71. The van der Waals surface area contributed by atoms with Crippen molar-refractivity contribution in [2.24, 2.45) is 0 Å². The lowest BCUT2D eigenvalue weighted by atomic mass is 10.0. The molecule has 18 heavy (non-hydrogen) atoms. The average Bonchev–Trinajstić information content (AvgIpc) is 2.31. The number of carbonyl (C=O) groups is 1. The molecule has 0 aliphatic carbocycles. The van der Waals surface area contributed by atoms with Crippen LogP contribution in [0.2, 0.25) is 0 Å². The maximum Gasteiger partial charge on any atom is 0.323 e. The van der Waals surface area contributed by atoms with E-state index in [-0.39, 0.29) is 18.1 Å². The summed E-state index contributed by atoms with van der Waals surface area (Å²) >= 11 is 0. The molecule has 3 nitrogen and oxygen atoms in total. The van der Waals surface area contributed by atoms with Gasteiger partial charge in [0, 0.05) is 6.04 Å². The van der Waals surface area contributed by atoms with E-state index in [0.717, 1.165) is 5.56 Å². The van der Waals surface area contributed by atoms with Gasteiger partial charge in [-0.3, -0.25) is 4.79 Å². The smallest absolute Gasteiger partial charge is 0.323 e. The summed E-state index contributed by atoms with van der Waals surface area (Å²) in [7, 11) is 0. The Morgan fingerprint density at radius 1 is 1.28 bits per heavy atom. The van der Waals surface area contributed by atoms with Crippen molar-refractivity contribution in [2.75, 3.05) is 6.61 Å². The largest absolute Gasteiger partial charge is 0.465 e. The third kappa shape index (κ3) is 4.88. The molecule has 1 aromatic carbocycles. The summed E-state index contributed by atoms with van der Waals surface area (Å²) in [4.78, 5) is 11.9. The number of carbonyl (C=O) groups excluding carboxylic acids is 1. The van der Waals surface area contributed by atoms with Gasteiger partial charge in [0.1, 0.15) is 6.04 Å². The minimum atomic E-state index is -0.271. The first kappa shape index (κ1) is 14.7. The number of hydrogen-bond acceptors (Lipinski definition) is 3. The van der Waals surface area contributed by atoms with Crippen LogP contribution in [0.3, 0.4) is 0 Å². The molecule has 0 spiro atoms. The fraction of sp³-hybridized carbons (Fsp3) is 0.533. The van der Waals surface area contributed by atoms with Crippen LogP contribution in [-0.4, -0.2) is 24.7 Å². The summed E-state index contributed by atoms with van der Waals surface area (Å²) in [6, 6.07) is 8.23. The van der Waals surface area contributed by atoms with Gasteiger partial charge in [0.25, 0.3) is 0 Å². The zero-order valence-electron chi connectivity index (χ0n) is 11.7. The van der Waals surface area contributed by atoms with E-state index in [0.29, 0.717) is 13.0 Å². The predicted octanol–water partition coefficient (Wildman–Crippen LogP) is 2.47. The van der Waals surface area contributed by atoms with E-state index in [1.165, 1.54) is 5.56 Å². The molecule has 0 aliphatic rings. The van der Waals surface area contributed by atoms with Gasteiger partial charge in [0.05, 0.1) is 6.61 Å². The van der Waals surface area contributed by atoms with Crippen LogP contribution in [0.1, 0.15) is 31.9 Å². The monoisotopic (exact) mass is 249 g/mol. The Bertz CT molecular complexity index is 371. The average molecular weight is 249 g/mol. The molecule has 0 aliphatic heterocycles. The summed E-state index contributed by atoms with van der Waals surface area (Å²) in [5, 5.41) is 3.25. The van der Waals surface area contributed by atoms with Gasteiger partial charge >= 0.3 is 5.97 Å². The molecule has 1 rings (SSSR count). The van der Waals surface area contributed by atoms with Crippen LogP contribution < -0.4 is 5.32 Å². The fourth-order valence-corrected chi connectivity index (χ4v) is 1.82. The van der Waals surface area contributed by atoms with Crippen LogP contribution in [0.4, 0.5) is 0 Å². The Kier molecular flexibility index (Phi) is 5.86. The Morgan fingerprint density at radius 3 is 2.39 bits per heavy atom. The Labute approximate surface area is 110 Å². The molecule has 1 unspecified atom stereocenters. The standard InChI is InChI=1S/C15H23NO2/c1-5-18-15(17)14(16-11(2)3)10-13-8-6-12(4)7-9-13/h6-9,11,14,16H,5,10H2,1-4H3. The summed E-state index contributed by atoms with van der Waals surface area (Å²) in [5.41, 5.74) is 2.37. The number of nitrogens with one attached hydrogen (secondary N) is 1. The lowest BCUT2D eigenvalue weighted by Gasteiger charge is -2.19. The quantitative estimate of drug-likeness (QED) is 0.787. The maximum atomic E-state index is 11.9. The molecule has 0 radical (unpaired) electrons. The number of hydrogen-bond donors (Lipinski definition) is 1. The minimum Gasteiger partial charge on any atom is -0.465 e. The molecular weight excluding hydrogens is 226 g/mol. The van der Waals surface area contributed by atoms with Crippen molar-refractivity contribution in [2.45, 2.75) is 46.2 Å². The van der Waals surface area contributed by atoms with Crippen LogP contribution in [0.25, 0.3) is 0 Å². The molecule has 3 heteroatoms. The van der Waals surface area contributed by atoms with E-state index >= 15 is 0 Å². The van der Waals surface area contributed by atoms with Crippen molar-refractivity contribution >= 4 is 5.97 Å². The van der Waals surface area contributed by atoms with Gasteiger partial charge in [-0.25, -0.2) is 0 Å². The third-order valence-corrected chi connectivity index (χ3v) is 2.67. The summed E-state index contributed by atoms with van der Waals surface area (Å²) in [5.74, 6) is -0.174.